The van der Waals surface area contributed by atoms with Crippen LogP contribution in [0.3, 0.4) is 0 Å². The van der Waals surface area contributed by atoms with Crippen LogP contribution in [0.2, 0.25) is 0 Å². The Hall–Kier alpha value is -1.39. The Labute approximate surface area is 121 Å². The summed E-state index contributed by atoms with van der Waals surface area (Å²) in [5, 5.41) is 6.30. The van der Waals surface area contributed by atoms with Gasteiger partial charge in [0.05, 0.1) is 6.54 Å². The summed E-state index contributed by atoms with van der Waals surface area (Å²) in [6, 6.07) is 8.68. The van der Waals surface area contributed by atoms with Crippen LogP contribution in [-0.4, -0.2) is 43.5 Å². The Morgan fingerprint density at radius 1 is 1.35 bits per heavy atom. The summed E-state index contributed by atoms with van der Waals surface area (Å²) in [5.41, 5.74) is 2.15. The van der Waals surface area contributed by atoms with Gasteiger partial charge in [0.25, 0.3) is 0 Å². The van der Waals surface area contributed by atoms with E-state index in [-0.39, 0.29) is 5.91 Å². The van der Waals surface area contributed by atoms with Gasteiger partial charge in [-0.25, -0.2) is 0 Å². The molecule has 20 heavy (non-hydrogen) atoms. The molecular formula is C16H25N3O. The predicted molar refractivity (Wildman–Crippen MR) is 83.0 cm³/mol. The summed E-state index contributed by atoms with van der Waals surface area (Å²) in [7, 11) is 2.01. The molecular weight excluding hydrogens is 250 g/mol. The fourth-order valence-electron chi connectivity index (χ4n) is 2.65. The molecule has 0 radical (unpaired) electrons. The quantitative estimate of drug-likeness (QED) is 0.862. The smallest absolute Gasteiger partial charge is 0.238 e. The summed E-state index contributed by atoms with van der Waals surface area (Å²) in [4.78, 5) is 14.3. The average Bonchev–Trinajstić information content (AvgIpc) is 2.48. The monoisotopic (exact) mass is 275 g/mol. The van der Waals surface area contributed by atoms with E-state index in [4.69, 9.17) is 0 Å². The van der Waals surface area contributed by atoms with Crippen LogP contribution in [0.5, 0.6) is 0 Å². The number of carbonyl (C=O) groups is 1. The second-order valence-electron chi connectivity index (χ2n) is 5.44. The zero-order valence-electron chi connectivity index (χ0n) is 12.5. The van der Waals surface area contributed by atoms with Gasteiger partial charge >= 0.3 is 0 Å². The van der Waals surface area contributed by atoms with Gasteiger partial charge in [-0.1, -0.05) is 19.1 Å². The number of benzene rings is 1. The Morgan fingerprint density at radius 2 is 2.10 bits per heavy atom. The molecule has 2 N–H and O–H groups in total. The highest BCUT2D eigenvalue weighted by atomic mass is 16.2. The third-order valence-corrected chi connectivity index (χ3v) is 3.98. The van der Waals surface area contributed by atoms with Crippen molar-refractivity contribution in [1.82, 2.24) is 10.2 Å². The van der Waals surface area contributed by atoms with Gasteiger partial charge in [0.1, 0.15) is 0 Å². The molecule has 1 heterocycles. The number of nitrogens with zero attached hydrogens (tertiary/aromatic N) is 1. The molecule has 1 saturated heterocycles. The molecule has 110 valence electrons. The van der Waals surface area contributed by atoms with Gasteiger partial charge in [-0.05, 0) is 44.0 Å². The predicted octanol–water partition coefficient (Wildman–Crippen LogP) is 1.87. The molecule has 1 aromatic rings. The first kappa shape index (κ1) is 15.0. The van der Waals surface area contributed by atoms with Gasteiger partial charge in [0.15, 0.2) is 0 Å². The number of hydrogen-bond acceptors (Lipinski definition) is 3. The maximum absolute atomic E-state index is 12.1. The molecule has 0 atom stereocenters. The first-order valence-electron chi connectivity index (χ1n) is 7.49. The molecule has 0 aromatic heterocycles. The fourth-order valence-corrected chi connectivity index (χ4v) is 2.65. The van der Waals surface area contributed by atoms with Crippen LogP contribution in [0, 0.1) is 0 Å². The lowest BCUT2D eigenvalue weighted by Crippen LogP contribution is -2.44. The van der Waals surface area contributed by atoms with Crippen molar-refractivity contribution in [3.05, 3.63) is 29.8 Å². The van der Waals surface area contributed by atoms with Gasteiger partial charge in [0, 0.05) is 24.8 Å². The fraction of sp³-hybridized carbons (Fsp3) is 0.562. The minimum Gasteiger partial charge on any atom is -0.325 e. The molecule has 0 aliphatic carbocycles. The van der Waals surface area contributed by atoms with Gasteiger partial charge in [-0.2, -0.15) is 0 Å². The largest absolute Gasteiger partial charge is 0.325 e. The number of nitrogens with one attached hydrogen (secondary N) is 2. The van der Waals surface area contributed by atoms with Crippen LogP contribution in [0.4, 0.5) is 5.69 Å². The second-order valence-corrected chi connectivity index (χ2v) is 5.44. The van der Waals surface area contributed by atoms with Crippen molar-refractivity contribution in [3.8, 4) is 0 Å². The van der Waals surface area contributed by atoms with Crippen LogP contribution in [-0.2, 0) is 11.2 Å². The second kappa shape index (κ2) is 7.41. The number of aryl methyl sites for hydroxylation is 1. The lowest BCUT2D eigenvalue weighted by atomic mass is 10.1. The molecule has 0 unspecified atom stereocenters. The summed E-state index contributed by atoms with van der Waals surface area (Å²) in [6.07, 6.45) is 3.23. The van der Waals surface area contributed by atoms with Crippen molar-refractivity contribution in [2.45, 2.75) is 32.2 Å². The molecule has 1 aliphatic rings. The van der Waals surface area contributed by atoms with Gasteiger partial charge in [-0.15, -0.1) is 0 Å². The molecule has 1 aliphatic heterocycles. The first-order chi connectivity index (χ1) is 9.71. The van der Waals surface area contributed by atoms with E-state index >= 15 is 0 Å². The Kier molecular flexibility index (Phi) is 5.56. The third kappa shape index (κ3) is 4.32. The zero-order chi connectivity index (χ0) is 14.4. The average molecular weight is 275 g/mol. The highest BCUT2D eigenvalue weighted by molar-refractivity contribution is 5.92. The van der Waals surface area contributed by atoms with Crippen LogP contribution in [0.1, 0.15) is 25.3 Å². The molecule has 4 nitrogen and oxygen atoms in total. The van der Waals surface area contributed by atoms with E-state index in [2.05, 4.69) is 28.5 Å². The van der Waals surface area contributed by atoms with Crippen LogP contribution in [0.15, 0.2) is 24.3 Å². The van der Waals surface area contributed by atoms with Crippen LogP contribution in [0.25, 0.3) is 0 Å². The minimum atomic E-state index is 0.0844. The number of anilines is 1. The first-order valence-corrected chi connectivity index (χ1v) is 7.49. The van der Waals surface area contributed by atoms with E-state index < -0.39 is 0 Å². The van der Waals surface area contributed by atoms with E-state index in [1.807, 2.05) is 25.2 Å². The molecule has 1 fully saturated rings. The van der Waals surface area contributed by atoms with E-state index in [0.29, 0.717) is 12.6 Å². The number of likely N-dealkylation sites (tertiary alicyclic amines) is 1. The van der Waals surface area contributed by atoms with Crippen LogP contribution >= 0.6 is 0 Å². The van der Waals surface area contributed by atoms with Crippen molar-refractivity contribution in [2.75, 3.05) is 32.0 Å². The van der Waals surface area contributed by atoms with E-state index in [0.717, 1.165) is 38.0 Å². The third-order valence-electron chi connectivity index (χ3n) is 3.98. The summed E-state index contributed by atoms with van der Waals surface area (Å²) < 4.78 is 0. The van der Waals surface area contributed by atoms with Crippen molar-refractivity contribution >= 4 is 11.6 Å². The van der Waals surface area contributed by atoms with E-state index in [9.17, 15) is 4.79 Å². The molecule has 0 bridgehead atoms. The minimum absolute atomic E-state index is 0.0844. The standard InChI is InChI=1S/C16H25N3O/c1-3-13-5-4-6-15(11-13)18-16(20)12-19-9-7-14(17-2)8-10-19/h4-6,11,14,17H,3,7-10,12H2,1-2H3,(H,18,20). The van der Waals surface area contributed by atoms with E-state index in [1.54, 1.807) is 0 Å². The number of piperidine rings is 1. The summed E-state index contributed by atoms with van der Waals surface area (Å²) in [5.74, 6) is 0.0844. The molecule has 1 amide bonds. The molecule has 0 spiro atoms. The molecule has 2 rings (SSSR count). The number of carbonyl (C=O) groups excluding carboxylic acids is 1. The number of hydrogen-bond donors (Lipinski definition) is 2. The maximum atomic E-state index is 12.1. The Balaban J connectivity index is 1.80. The van der Waals surface area contributed by atoms with Gasteiger partial charge in [-0.3, -0.25) is 9.69 Å². The van der Waals surface area contributed by atoms with Crippen molar-refractivity contribution < 1.29 is 4.79 Å². The lowest BCUT2D eigenvalue weighted by Gasteiger charge is -2.31. The highest BCUT2D eigenvalue weighted by Crippen LogP contribution is 2.12. The topological polar surface area (TPSA) is 44.4 Å². The van der Waals surface area contributed by atoms with Crippen LogP contribution < -0.4 is 10.6 Å². The molecule has 0 saturated carbocycles. The van der Waals surface area contributed by atoms with Gasteiger partial charge < -0.3 is 10.6 Å². The molecule has 1 aromatic carbocycles. The summed E-state index contributed by atoms with van der Waals surface area (Å²) in [6.45, 7) is 4.60. The zero-order valence-corrected chi connectivity index (χ0v) is 12.5. The lowest BCUT2D eigenvalue weighted by molar-refractivity contribution is -0.117. The Morgan fingerprint density at radius 3 is 2.75 bits per heavy atom. The molecule has 4 heteroatoms. The van der Waals surface area contributed by atoms with Crippen molar-refractivity contribution in [1.29, 1.82) is 0 Å². The SMILES string of the molecule is CCc1cccc(NC(=O)CN2CCC(NC)CC2)c1. The number of amides is 1. The maximum Gasteiger partial charge on any atom is 0.238 e. The Bertz CT molecular complexity index is 439. The summed E-state index contributed by atoms with van der Waals surface area (Å²) >= 11 is 0. The van der Waals surface area contributed by atoms with Crippen molar-refractivity contribution in [2.24, 2.45) is 0 Å². The normalized spacial score (nSPS) is 17.1. The highest BCUT2D eigenvalue weighted by Gasteiger charge is 2.19. The van der Waals surface area contributed by atoms with Crippen molar-refractivity contribution in [3.63, 3.8) is 0 Å². The van der Waals surface area contributed by atoms with Gasteiger partial charge in [0.2, 0.25) is 5.91 Å². The van der Waals surface area contributed by atoms with E-state index in [1.165, 1.54) is 5.56 Å². The number of rotatable bonds is 5.